The zero-order valence-corrected chi connectivity index (χ0v) is 12.2. The minimum atomic E-state index is 0.381. The molecule has 1 heterocycles. The molecule has 18 heavy (non-hydrogen) atoms. The van der Waals surface area contributed by atoms with Gasteiger partial charge in [0.1, 0.15) is 10.9 Å². The standard InChI is InChI=1S/C13H11BrClNO2/c1-17-11-4-3-9(14)7-10(11)8-5-12(15)16-13(6-8)18-2/h3-7H,1-2H3. The van der Waals surface area contributed by atoms with Crippen LogP contribution < -0.4 is 9.47 Å². The maximum atomic E-state index is 5.97. The molecular weight excluding hydrogens is 318 g/mol. The molecule has 0 unspecified atom stereocenters. The first-order chi connectivity index (χ1) is 8.63. The van der Waals surface area contributed by atoms with Gasteiger partial charge >= 0.3 is 0 Å². The fourth-order valence-corrected chi connectivity index (χ4v) is 2.20. The summed E-state index contributed by atoms with van der Waals surface area (Å²) in [5.74, 6) is 1.24. The molecule has 1 aromatic carbocycles. The van der Waals surface area contributed by atoms with Crippen LogP contribution in [0.3, 0.4) is 0 Å². The van der Waals surface area contributed by atoms with E-state index < -0.39 is 0 Å². The number of halogens is 2. The third-order valence-corrected chi connectivity index (χ3v) is 3.14. The highest BCUT2D eigenvalue weighted by Crippen LogP contribution is 2.34. The molecular formula is C13H11BrClNO2. The molecule has 0 bridgehead atoms. The van der Waals surface area contributed by atoms with Crippen LogP contribution in [0.2, 0.25) is 5.15 Å². The number of hydrogen-bond donors (Lipinski definition) is 0. The van der Waals surface area contributed by atoms with Crippen molar-refractivity contribution in [3.8, 4) is 22.8 Å². The number of aromatic nitrogens is 1. The Bertz CT molecular complexity index is 575. The van der Waals surface area contributed by atoms with Gasteiger partial charge in [0, 0.05) is 16.1 Å². The molecule has 94 valence electrons. The van der Waals surface area contributed by atoms with Crippen LogP contribution in [0.15, 0.2) is 34.8 Å². The second-order valence-corrected chi connectivity index (χ2v) is 4.87. The summed E-state index contributed by atoms with van der Waals surface area (Å²) in [6.07, 6.45) is 0. The van der Waals surface area contributed by atoms with Gasteiger partial charge in [0.15, 0.2) is 0 Å². The summed E-state index contributed by atoms with van der Waals surface area (Å²) in [5, 5.41) is 0.381. The molecule has 0 N–H and O–H groups in total. The zero-order chi connectivity index (χ0) is 13.1. The lowest BCUT2D eigenvalue weighted by Gasteiger charge is -2.10. The van der Waals surface area contributed by atoms with Crippen molar-refractivity contribution in [1.82, 2.24) is 4.98 Å². The SMILES string of the molecule is COc1cc(-c2cc(Br)ccc2OC)cc(Cl)n1. The quantitative estimate of drug-likeness (QED) is 0.792. The van der Waals surface area contributed by atoms with Gasteiger partial charge in [0.25, 0.3) is 0 Å². The summed E-state index contributed by atoms with van der Waals surface area (Å²) >= 11 is 9.41. The van der Waals surface area contributed by atoms with Crippen LogP contribution in [0.4, 0.5) is 0 Å². The lowest BCUT2D eigenvalue weighted by molar-refractivity contribution is 0.398. The molecule has 3 nitrogen and oxygen atoms in total. The van der Waals surface area contributed by atoms with Gasteiger partial charge in [-0.05, 0) is 29.8 Å². The van der Waals surface area contributed by atoms with Crippen LogP contribution in [0.1, 0.15) is 0 Å². The molecule has 0 radical (unpaired) electrons. The van der Waals surface area contributed by atoms with Crippen molar-refractivity contribution in [1.29, 1.82) is 0 Å². The van der Waals surface area contributed by atoms with E-state index in [9.17, 15) is 0 Å². The van der Waals surface area contributed by atoms with Crippen molar-refractivity contribution < 1.29 is 9.47 Å². The Hall–Kier alpha value is -1.26. The van der Waals surface area contributed by atoms with E-state index in [0.717, 1.165) is 21.3 Å². The number of nitrogens with zero attached hydrogens (tertiary/aromatic N) is 1. The number of rotatable bonds is 3. The number of methoxy groups -OCH3 is 2. The minimum absolute atomic E-state index is 0.381. The van der Waals surface area contributed by atoms with E-state index >= 15 is 0 Å². The molecule has 2 rings (SSSR count). The Morgan fingerprint density at radius 3 is 2.56 bits per heavy atom. The molecule has 0 aliphatic rings. The van der Waals surface area contributed by atoms with Crippen molar-refractivity contribution in [3.05, 3.63) is 40.0 Å². The predicted molar refractivity (Wildman–Crippen MR) is 75.5 cm³/mol. The van der Waals surface area contributed by atoms with Crippen molar-refractivity contribution in [3.63, 3.8) is 0 Å². The molecule has 0 saturated heterocycles. The number of ether oxygens (including phenoxy) is 2. The number of benzene rings is 1. The van der Waals surface area contributed by atoms with E-state index in [0.29, 0.717) is 11.0 Å². The summed E-state index contributed by atoms with van der Waals surface area (Å²) < 4.78 is 11.4. The molecule has 0 aliphatic heterocycles. The van der Waals surface area contributed by atoms with Gasteiger partial charge in [-0.1, -0.05) is 27.5 Å². The van der Waals surface area contributed by atoms with Crippen LogP contribution in [0.25, 0.3) is 11.1 Å². The van der Waals surface area contributed by atoms with Crippen molar-refractivity contribution >= 4 is 27.5 Å². The Morgan fingerprint density at radius 1 is 1.11 bits per heavy atom. The van der Waals surface area contributed by atoms with Gasteiger partial charge < -0.3 is 9.47 Å². The molecule has 0 atom stereocenters. The monoisotopic (exact) mass is 327 g/mol. The largest absolute Gasteiger partial charge is 0.496 e. The van der Waals surface area contributed by atoms with Crippen molar-refractivity contribution in [2.24, 2.45) is 0 Å². The van der Waals surface area contributed by atoms with Gasteiger partial charge in [0.05, 0.1) is 14.2 Å². The van der Waals surface area contributed by atoms with E-state index in [-0.39, 0.29) is 0 Å². The molecule has 5 heteroatoms. The highest BCUT2D eigenvalue weighted by Gasteiger charge is 2.09. The maximum Gasteiger partial charge on any atom is 0.214 e. The normalized spacial score (nSPS) is 10.2. The average molecular weight is 329 g/mol. The molecule has 0 spiro atoms. The first-order valence-electron chi connectivity index (χ1n) is 5.19. The highest BCUT2D eigenvalue weighted by atomic mass is 79.9. The van der Waals surface area contributed by atoms with E-state index in [4.69, 9.17) is 21.1 Å². The summed E-state index contributed by atoms with van der Waals surface area (Å²) in [5.41, 5.74) is 1.82. The first kappa shape index (κ1) is 13.2. The van der Waals surface area contributed by atoms with E-state index in [1.54, 1.807) is 20.3 Å². The second-order valence-electron chi connectivity index (χ2n) is 3.57. The van der Waals surface area contributed by atoms with Crippen LogP contribution in [-0.2, 0) is 0 Å². The Balaban J connectivity index is 2.60. The molecule has 1 aromatic heterocycles. The fourth-order valence-electron chi connectivity index (χ4n) is 1.64. The molecule has 2 aromatic rings. The van der Waals surface area contributed by atoms with Crippen LogP contribution in [-0.4, -0.2) is 19.2 Å². The minimum Gasteiger partial charge on any atom is -0.496 e. The van der Waals surface area contributed by atoms with Gasteiger partial charge in [-0.25, -0.2) is 4.98 Å². The molecule has 0 aliphatic carbocycles. The Labute approximate surface area is 119 Å². The van der Waals surface area contributed by atoms with Crippen LogP contribution >= 0.6 is 27.5 Å². The van der Waals surface area contributed by atoms with E-state index in [1.807, 2.05) is 24.3 Å². The van der Waals surface area contributed by atoms with Crippen molar-refractivity contribution in [2.75, 3.05) is 14.2 Å². The third-order valence-electron chi connectivity index (χ3n) is 2.45. The van der Waals surface area contributed by atoms with Crippen molar-refractivity contribution in [2.45, 2.75) is 0 Å². The lowest BCUT2D eigenvalue weighted by atomic mass is 10.1. The fraction of sp³-hybridized carbons (Fsp3) is 0.154. The lowest BCUT2D eigenvalue weighted by Crippen LogP contribution is -1.92. The summed E-state index contributed by atoms with van der Waals surface area (Å²) in [6.45, 7) is 0. The Morgan fingerprint density at radius 2 is 1.89 bits per heavy atom. The smallest absolute Gasteiger partial charge is 0.214 e. The molecule has 0 fully saturated rings. The predicted octanol–water partition coefficient (Wildman–Crippen LogP) is 4.18. The molecule has 0 saturated carbocycles. The average Bonchev–Trinajstić information content (AvgIpc) is 2.38. The molecule has 0 amide bonds. The topological polar surface area (TPSA) is 31.4 Å². The first-order valence-corrected chi connectivity index (χ1v) is 6.36. The Kier molecular flexibility index (Phi) is 4.09. The summed E-state index contributed by atoms with van der Waals surface area (Å²) in [4.78, 5) is 4.05. The zero-order valence-electron chi connectivity index (χ0n) is 9.91. The second kappa shape index (κ2) is 5.59. The van der Waals surface area contributed by atoms with E-state index in [1.165, 1.54) is 0 Å². The highest BCUT2D eigenvalue weighted by molar-refractivity contribution is 9.10. The van der Waals surface area contributed by atoms with E-state index in [2.05, 4.69) is 20.9 Å². The number of pyridine rings is 1. The summed E-state index contributed by atoms with van der Waals surface area (Å²) in [6, 6.07) is 9.36. The number of hydrogen-bond acceptors (Lipinski definition) is 3. The van der Waals surface area contributed by atoms with Gasteiger partial charge in [-0.3, -0.25) is 0 Å². The summed E-state index contributed by atoms with van der Waals surface area (Å²) in [7, 11) is 3.19. The van der Waals surface area contributed by atoms with Crippen LogP contribution in [0, 0.1) is 0 Å². The van der Waals surface area contributed by atoms with Crippen LogP contribution in [0.5, 0.6) is 11.6 Å². The van der Waals surface area contributed by atoms with Gasteiger partial charge in [-0.2, -0.15) is 0 Å². The van der Waals surface area contributed by atoms with Gasteiger partial charge in [0.2, 0.25) is 5.88 Å². The third kappa shape index (κ3) is 2.76. The maximum absolute atomic E-state index is 5.97. The van der Waals surface area contributed by atoms with Gasteiger partial charge in [-0.15, -0.1) is 0 Å².